The second kappa shape index (κ2) is 6.07. The molecule has 0 radical (unpaired) electrons. The molecule has 154 valence electrons. The Balaban J connectivity index is 1.77. The standard InChI is InChI=1S/C27H24N2O2/c1-14-4-6-15-7-9-18-20(16(15)8-5-14)24-21(23-22(18)25(30)29-26(23)31)17-10-12-27(2,3)13-11-19(17)28-24/h4-6,8,10-14,28H,7,9H2,1-3H3,(H,29,30,31). The number of aromatic amines is 1. The van der Waals surface area contributed by atoms with Crippen LogP contribution in [-0.2, 0) is 6.42 Å². The number of benzene rings is 1. The predicted octanol–water partition coefficient (Wildman–Crippen LogP) is 5.58. The summed E-state index contributed by atoms with van der Waals surface area (Å²) in [6.07, 6.45) is 19.0. The Morgan fingerprint density at radius 2 is 1.65 bits per heavy atom. The van der Waals surface area contributed by atoms with E-state index in [9.17, 15) is 9.59 Å². The average molecular weight is 409 g/mol. The summed E-state index contributed by atoms with van der Waals surface area (Å²) in [6.45, 7) is 6.47. The van der Waals surface area contributed by atoms with Crippen LogP contribution >= 0.6 is 0 Å². The Morgan fingerprint density at radius 1 is 0.903 bits per heavy atom. The zero-order valence-electron chi connectivity index (χ0n) is 17.9. The zero-order chi connectivity index (χ0) is 21.5. The molecule has 2 amide bonds. The second-order valence-corrected chi connectivity index (χ2v) is 9.59. The van der Waals surface area contributed by atoms with Crippen molar-refractivity contribution >= 4 is 40.4 Å². The van der Waals surface area contributed by atoms with E-state index in [0.717, 1.165) is 51.7 Å². The Bertz CT molecular complexity index is 1370. The number of fused-ring (bicyclic) bond motifs is 9. The molecule has 2 heterocycles. The van der Waals surface area contributed by atoms with Crippen LogP contribution in [0, 0.1) is 11.3 Å². The maximum atomic E-state index is 12.9. The minimum Gasteiger partial charge on any atom is -0.354 e. The van der Waals surface area contributed by atoms with E-state index in [0.29, 0.717) is 17.0 Å². The van der Waals surface area contributed by atoms with Gasteiger partial charge in [-0.05, 0) is 41.5 Å². The lowest BCUT2D eigenvalue weighted by atomic mass is 9.80. The normalized spacial score (nSPS) is 22.7. The molecule has 0 fully saturated rings. The van der Waals surface area contributed by atoms with Gasteiger partial charge in [-0.1, -0.05) is 63.3 Å². The van der Waals surface area contributed by atoms with Gasteiger partial charge in [0.2, 0.25) is 0 Å². The number of rotatable bonds is 0. The molecule has 1 aliphatic heterocycles. The van der Waals surface area contributed by atoms with E-state index in [-0.39, 0.29) is 17.2 Å². The number of H-pyrrole nitrogens is 1. The van der Waals surface area contributed by atoms with Gasteiger partial charge in [-0.2, -0.15) is 0 Å². The second-order valence-electron chi connectivity index (χ2n) is 9.59. The Labute approximate surface area is 181 Å². The van der Waals surface area contributed by atoms with E-state index >= 15 is 0 Å². The SMILES string of the molecule is CC1C=CC2=C(C=C1)c1c(c3c(c4c5c([nH]c14)C=CC(C)(C)C=C5)C(=O)NC3=O)CC2. The van der Waals surface area contributed by atoms with Crippen molar-refractivity contribution in [3.05, 3.63) is 75.5 Å². The summed E-state index contributed by atoms with van der Waals surface area (Å²) in [5.41, 5.74) is 8.44. The number of nitrogens with one attached hydrogen (secondary N) is 2. The zero-order valence-corrected chi connectivity index (χ0v) is 17.9. The first-order valence-electron chi connectivity index (χ1n) is 10.9. The van der Waals surface area contributed by atoms with Crippen LogP contribution in [0.1, 0.15) is 70.3 Å². The first kappa shape index (κ1) is 18.4. The van der Waals surface area contributed by atoms with Crippen molar-refractivity contribution < 1.29 is 9.59 Å². The molecule has 4 heteroatoms. The lowest BCUT2D eigenvalue weighted by Crippen LogP contribution is -2.20. The summed E-state index contributed by atoms with van der Waals surface area (Å²) in [4.78, 5) is 29.5. The van der Waals surface area contributed by atoms with Crippen LogP contribution in [0.3, 0.4) is 0 Å². The van der Waals surface area contributed by atoms with E-state index in [4.69, 9.17) is 0 Å². The maximum absolute atomic E-state index is 12.9. The first-order valence-corrected chi connectivity index (χ1v) is 10.9. The number of hydrogen-bond donors (Lipinski definition) is 2. The highest BCUT2D eigenvalue weighted by Gasteiger charge is 2.38. The lowest BCUT2D eigenvalue weighted by Gasteiger charge is -2.23. The molecule has 0 saturated heterocycles. The number of amides is 2. The lowest BCUT2D eigenvalue weighted by molar-refractivity contribution is 0.0880. The first-order chi connectivity index (χ1) is 14.8. The summed E-state index contributed by atoms with van der Waals surface area (Å²) < 4.78 is 0. The molecule has 3 aliphatic carbocycles. The van der Waals surface area contributed by atoms with Gasteiger partial charge in [-0.3, -0.25) is 14.9 Å². The molecule has 6 rings (SSSR count). The van der Waals surface area contributed by atoms with Crippen LogP contribution in [0.2, 0.25) is 0 Å². The van der Waals surface area contributed by atoms with Crippen LogP contribution in [0.15, 0.2) is 42.0 Å². The molecule has 2 aromatic rings. The van der Waals surface area contributed by atoms with Crippen LogP contribution in [0.4, 0.5) is 0 Å². The van der Waals surface area contributed by atoms with Gasteiger partial charge < -0.3 is 4.98 Å². The molecule has 4 nitrogen and oxygen atoms in total. The van der Waals surface area contributed by atoms with Gasteiger partial charge >= 0.3 is 0 Å². The quantitative estimate of drug-likeness (QED) is 0.559. The molecule has 0 spiro atoms. The van der Waals surface area contributed by atoms with Crippen molar-refractivity contribution in [2.75, 3.05) is 0 Å². The van der Waals surface area contributed by atoms with Crippen LogP contribution in [0.5, 0.6) is 0 Å². The molecular formula is C27H24N2O2. The van der Waals surface area contributed by atoms with Crippen molar-refractivity contribution in [3.8, 4) is 0 Å². The van der Waals surface area contributed by atoms with Gasteiger partial charge in [0.25, 0.3) is 11.8 Å². The topological polar surface area (TPSA) is 62.0 Å². The fraction of sp³-hybridized carbons (Fsp3) is 0.259. The smallest absolute Gasteiger partial charge is 0.259 e. The summed E-state index contributed by atoms with van der Waals surface area (Å²) >= 11 is 0. The maximum Gasteiger partial charge on any atom is 0.259 e. The minimum absolute atomic E-state index is 0.0811. The Morgan fingerprint density at radius 3 is 2.48 bits per heavy atom. The summed E-state index contributed by atoms with van der Waals surface area (Å²) in [5, 5.41) is 3.42. The highest BCUT2D eigenvalue weighted by molar-refractivity contribution is 6.29. The fourth-order valence-corrected chi connectivity index (χ4v) is 5.24. The third-order valence-electron chi connectivity index (χ3n) is 6.89. The minimum atomic E-state index is -0.291. The van der Waals surface area contributed by atoms with E-state index in [1.54, 1.807) is 0 Å². The number of imide groups is 1. The van der Waals surface area contributed by atoms with Crippen molar-refractivity contribution in [3.63, 3.8) is 0 Å². The van der Waals surface area contributed by atoms with Gasteiger partial charge in [-0.15, -0.1) is 0 Å². The summed E-state index contributed by atoms with van der Waals surface area (Å²) in [5.74, 6) is -0.204. The molecule has 2 N–H and O–H groups in total. The van der Waals surface area contributed by atoms with Gasteiger partial charge in [0.1, 0.15) is 0 Å². The summed E-state index contributed by atoms with van der Waals surface area (Å²) in [7, 11) is 0. The molecule has 31 heavy (non-hydrogen) atoms. The Kier molecular flexibility index (Phi) is 3.60. The van der Waals surface area contributed by atoms with E-state index in [1.807, 2.05) is 0 Å². The third kappa shape index (κ3) is 2.54. The van der Waals surface area contributed by atoms with Crippen LogP contribution < -0.4 is 5.32 Å². The molecule has 1 unspecified atom stereocenters. The van der Waals surface area contributed by atoms with Crippen LogP contribution in [-0.4, -0.2) is 16.8 Å². The summed E-state index contributed by atoms with van der Waals surface area (Å²) in [6, 6.07) is 0. The number of aromatic nitrogens is 1. The van der Waals surface area contributed by atoms with E-state index in [2.05, 4.69) is 79.7 Å². The van der Waals surface area contributed by atoms with Crippen molar-refractivity contribution in [2.45, 2.75) is 33.6 Å². The molecule has 0 saturated carbocycles. The number of carbonyl (C=O) groups is 2. The monoisotopic (exact) mass is 408 g/mol. The predicted molar refractivity (Wildman–Crippen MR) is 125 cm³/mol. The number of carbonyl (C=O) groups excluding carboxylic acids is 2. The molecule has 0 bridgehead atoms. The largest absolute Gasteiger partial charge is 0.354 e. The van der Waals surface area contributed by atoms with Gasteiger partial charge in [0.05, 0.1) is 16.6 Å². The molecule has 4 aliphatic rings. The molecular weight excluding hydrogens is 384 g/mol. The third-order valence-corrected chi connectivity index (χ3v) is 6.89. The highest BCUT2D eigenvalue weighted by atomic mass is 16.2. The van der Waals surface area contributed by atoms with Gasteiger partial charge in [0.15, 0.2) is 0 Å². The van der Waals surface area contributed by atoms with E-state index in [1.165, 1.54) is 5.57 Å². The molecule has 1 aromatic heterocycles. The van der Waals surface area contributed by atoms with Crippen molar-refractivity contribution in [1.82, 2.24) is 10.3 Å². The number of hydrogen-bond acceptors (Lipinski definition) is 2. The van der Waals surface area contributed by atoms with Crippen molar-refractivity contribution in [1.29, 1.82) is 0 Å². The molecule has 1 aromatic carbocycles. The van der Waals surface area contributed by atoms with Gasteiger partial charge in [0, 0.05) is 27.6 Å². The average Bonchev–Trinajstić information content (AvgIpc) is 3.10. The Hall–Kier alpha value is -3.40. The number of allylic oxidation sites excluding steroid dienone is 8. The van der Waals surface area contributed by atoms with Crippen LogP contribution in [0.25, 0.3) is 28.6 Å². The fourth-order valence-electron chi connectivity index (χ4n) is 5.24. The van der Waals surface area contributed by atoms with Crippen molar-refractivity contribution in [2.24, 2.45) is 11.3 Å². The van der Waals surface area contributed by atoms with E-state index < -0.39 is 0 Å². The molecule has 1 atom stereocenters. The van der Waals surface area contributed by atoms with Gasteiger partial charge in [-0.25, -0.2) is 0 Å². The highest BCUT2D eigenvalue weighted by Crippen LogP contribution is 2.46.